The Morgan fingerprint density at radius 1 is 1.38 bits per heavy atom. The lowest BCUT2D eigenvalue weighted by molar-refractivity contribution is -0.128. The zero-order valence-electron chi connectivity index (χ0n) is 9.51. The van der Waals surface area contributed by atoms with Crippen LogP contribution in [0.1, 0.15) is 19.3 Å². The third kappa shape index (κ3) is 1.67. The van der Waals surface area contributed by atoms with E-state index in [9.17, 15) is 4.79 Å². The first-order valence-corrected chi connectivity index (χ1v) is 6.33. The van der Waals surface area contributed by atoms with E-state index in [-0.39, 0.29) is 18.4 Å². The summed E-state index contributed by atoms with van der Waals surface area (Å²) < 4.78 is 0. The first kappa shape index (κ1) is 10.3. The van der Waals surface area contributed by atoms with Gasteiger partial charge in [0.25, 0.3) is 0 Å². The number of fused-ring (bicyclic) bond motifs is 2. The Kier molecular flexibility index (Phi) is 2.51. The molecule has 0 aromatic rings. The molecule has 16 heavy (non-hydrogen) atoms. The molecule has 0 spiro atoms. The lowest BCUT2D eigenvalue weighted by Gasteiger charge is -2.25. The van der Waals surface area contributed by atoms with Gasteiger partial charge in [0.05, 0.1) is 0 Å². The molecule has 0 radical (unpaired) electrons. The Bertz CT molecular complexity index is 326. The number of hydrogen-bond acceptors (Lipinski definition) is 2. The second kappa shape index (κ2) is 3.88. The Balaban J connectivity index is 1.59. The van der Waals surface area contributed by atoms with Crippen LogP contribution in [0.15, 0.2) is 12.2 Å². The van der Waals surface area contributed by atoms with Gasteiger partial charge in [-0.1, -0.05) is 12.2 Å². The molecule has 3 heteroatoms. The van der Waals surface area contributed by atoms with E-state index in [1.165, 1.54) is 12.8 Å². The Hall–Kier alpha value is -0.830. The minimum atomic E-state index is 0.152. The molecule has 1 saturated carbocycles. The summed E-state index contributed by atoms with van der Waals surface area (Å²) in [6, 6.07) is 0. The molecule has 3 aliphatic rings. The van der Waals surface area contributed by atoms with Crippen LogP contribution in [0.3, 0.4) is 0 Å². The summed E-state index contributed by atoms with van der Waals surface area (Å²) in [4.78, 5) is 13.7. The summed E-state index contributed by atoms with van der Waals surface area (Å²) in [5, 5.41) is 9.08. The highest BCUT2D eigenvalue weighted by Crippen LogP contribution is 2.44. The highest BCUT2D eigenvalue weighted by atomic mass is 16.3. The highest BCUT2D eigenvalue weighted by molar-refractivity contribution is 5.78. The average Bonchev–Trinajstić information content (AvgIpc) is 2.95. The maximum absolute atomic E-state index is 11.7. The third-order valence-electron chi connectivity index (χ3n) is 4.42. The molecule has 4 unspecified atom stereocenters. The van der Waals surface area contributed by atoms with E-state index >= 15 is 0 Å². The molecule has 2 fully saturated rings. The predicted octanol–water partition coefficient (Wildman–Crippen LogP) is 1.04. The molecule has 1 amide bonds. The minimum Gasteiger partial charge on any atom is -0.396 e. The molecule has 1 saturated heterocycles. The quantitative estimate of drug-likeness (QED) is 0.723. The van der Waals surface area contributed by atoms with E-state index in [0.29, 0.717) is 18.3 Å². The Morgan fingerprint density at radius 2 is 2.25 bits per heavy atom. The number of amides is 1. The van der Waals surface area contributed by atoms with Crippen LogP contribution in [-0.2, 0) is 4.79 Å². The van der Waals surface area contributed by atoms with Crippen LogP contribution in [0.5, 0.6) is 0 Å². The summed E-state index contributed by atoms with van der Waals surface area (Å²) in [7, 11) is 0. The van der Waals surface area contributed by atoms with Gasteiger partial charge in [0.1, 0.15) is 0 Å². The largest absolute Gasteiger partial charge is 0.396 e. The van der Waals surface area contributed by atoms with Crippen molar-refractivity contribution in [2.75, 3.05) is 19.7 Å². The van der Waals surface area contributed by atoms with Gasteiger partial charge in [0.15, 0.2) is 0 Å². The van der Waals surface area contributed by atoms with Crippen molar-refractivity contribution < 1.29 is 9.90 Å². The van der Waals surface area contributed by atoms with Gasteiger partial charge in [-0.2, -0.15) is 0 Å². The van der Waals surface area contributed by atoms with Crippen molar-refractivity contribution >= 4 is 5.91 Å². The molecule has 4 atom stereocenters. The van der Waals surface area contributed by atoms with E-state index in [2.05, 4.69) is 12.2 Å². The van der Waals surface area contributed by atoms with Gasteiger partial charge >= 0.3 is 0 Å². The van der Waals surface area contributed by atoms with Crippen molar-refractivity contribution in [1.82, 2.24) is 4.90 Å². The van der Waals surface area contributed by atoms with Crippen LogP contribution in [0.4, 0.5) is 0 Å². The van der Waals surface area contributed by atoms with Crippen LogP contribution in [-0.4, -0.2) is 35.6 Å². The normalized spacial score (nSPS) is 41.3. The number of hydrogen-bond donors (Lipinski definition) is 1. The van der Waals surface area contributed by atoms with Gasteiger partial charge < -0.3 is 10.0 Å². The SMILES string of the molecule is O=C1CC(CO)CN1CC1CC2C=CC1C2. The molecule has 2 aliphatic carbocycles. The van der Waals surface area contributed by atoms with Crippen molar-refractivity contribution in [2.45, 2.75) is 19.3 Å². The fourth-order valence-corrected chi connectivity index (χ4v) is 3.54. The number of nitrogens with zero attached hydrogens (tertiary/aromatic N) is 1. The fraction of sp³-hybridized carbons (Fsp3) is 0.769. The van der Waals surface area contributed by atoms with E-state index in [1.807, 2.05) is 4.90 Å². The minimum absolute atomic E-state index is 0.152. The molecular weight excluding hydrogens is 202 g/mol. The standard InChI is InChI=1S/C13H19NO2/c15-8-10-5-13(16)14(6-10)7-12-4-9-1-2-11(12)3-9/h1-2,9-12,15H,3-8H2. The summed E-state index contributed by atoms with van der Waals surface area (Å²) >= 11 is 0. The molecule has 0 aromatic heterocycles. The van der Waals surface area contributed by atoms with E-state index in [0.717, 1.165) is 19.0 Å². The lowest BCUT2D eigenvalue weighted by atomic mass is 9.93. The Labute approximate surface area is 96.1 Å². The monoisotopic (exact) mass is 221 g/mol. The lowest BCUT2D eigenvalue weighted by Crippen LogP contribution is -2.32. The molecule has 1 N–H and O–H groups in total. The van der Waals surface area contributed by atoms with Gasteiger partial charge in [-0.15, -0.1) is 0 Å². The predicted molar refractivity (Wildman–Crippen MR) is 60.6 cm³/mol. The number of likely N-dealkylation sites (tertiary alicyclic amines) is 1. The maximum atomic E-state index is 11.7. The molecule has 2 bridgehead atoms. The molecule has 0 aromatic carbocycles. The summed E-state index contributed by atoms with van der Waals surface area (Å²) in [5.41, 5.74) is 0. The van der Waals surface area contributed by atoms with Crippen molar-refractivity contribution in [3.8, 4) is 0 Å². The van der Waals surface area contributed by atoms with Crippen molar-refractivity contribution in [1.29, 1.82) is 0 Å². The summed E-state index contributed by atoms with van der Waals surface area (Å²) in [6.45, 7) is 1.84. The molecule has 3 nitrogen and oxygen atoms in total. The molecule has 1 heterocycles. The van der Waals surface area contributed by atoms with Gasteiger partial charge in [0.2, 0.25) is 5.91 Å². The number of carbonyl (C=O) groups excluding carboxylic acids is 1. The van der Waals surface area contributed by atoms with E-state index in [4.69, 9.17) is 5.11 Å². The van der Waals surface area contributed by atoms with Crippen LogP contribution >= 0.6 is 0 Å². The molecule has 1 aliphatic heterocycles. The fourth-order valence-electron chi connectivity index (χ4n) is 3.54. The molecule has 88 valence electrons. The summed E-state index contributed by atoms with van der Waals surface area (Å²) in [6.07, 6.45) is 7.78. The smallest absolute Gasteiger partial charge is 0.223 e. The molecule has 3 rings (SSSR count). The zero-order chi connectivity index (χ0) is 11.1. The van der Waals surface area contributed by atoms with Gasteiger partial charge in [-0.3, -0.25) is 4.79 Å². The topological polar surface area (TPSA) is 40.5 Å². The van der Waals surface area contributed by atoms with Gasteiger partial charge in [-0.05, 0) is 30.6 Å². The highest BCUT2D eigenvalue weighted by Gasteiger charge is 2.39. The Morgan fingerprint density at radius 3 is 2.81 bits per heavy atom. The number of aliphatic hydroxyl groups excluding tert-OH is 1. The van der Waals surface area contributed by atoms with Gasteiger partial charge in [0, 0.05) is 32.0 Å². The van der Waals surface area contributed by atoms with Crippen molar-refractivity contribution in [2.24, 2.45) is 23.7 Å². The van der Waals surface area contributed by atoms with Crippen LogP contribution in [0.25, 0.3) is 0 Å². The van der Waals surface area contributed by atoms with Crippen LogP contribution < -0.4 is 0 Å². The van der Waals surface area contributed by atoms with Gasteiger partial charge in [-0.25, -0.2) is 0 Å². The molecular formula is C13H19NO2. The maximum Gasteiger partial charge on any atom is 0.223 e. The van der Waals surface area contributed by atoms with Crippen LogP contribution in [0, 0.1) is 23.7 Å². The number of rotatable bonds is 3. The van der Waals surface area contributed by atoms with E-state index in [1.54, 1.807) is 0 Å². The van der Waals surface area contributed by atoms with Crippen LogP contribution in [0.2, 0.25) is 0 Å². The zero-order valence-corrected chi connectivity index (χ0v) is 9.51. The van der Waals surface area contributed by atoms with Crippen molar-refractivity contribution in [3.63, 3.8) is 0 Å². The second-order valence-corrected chi connectivity index (χ2v) is 5.59. The number of aliphatic hydroxyl groups is 1. The summed E-state index contributed by atoms with van der Waals surface area (Å²) in [5.74, 6) is 2.59. The number of carbonyl (C=O) groups is 1. The first-order valence-electron chi connectivity index (χ1n) is 6.33. The average molecular weight is 221 g/mol. The first-order chi connectivity index (χ1) is 7.76. The second-order valence-electron chi connectivity index (χ2n) is 5.59. The van der Waals surface area contributed by atoms with Crippen molar-refractivity contribution in [3.05, 3.63) is 12.2 Å². The van der Waals surface area contributed by atoms with E-state index < -0.39 is 0 Å². The third-order valence-corrected chi connectivity index (χ3v) is 4.42. The number of allylic oxidation sites excluding steroid dienone is 2.